The lowest BCUT2D eigenvalue weighted by Crippen LogP contribution is -2.30. The van der Waals surface area contributed by atoms with Gasteiger partial charge in [0.25, 0.3) is 0 Å². The molecule has 0 saturated carbocycles. The molecule has 1 N–H and O–H groups in total. The van der Waals surface area contributed by atoms with Gasteiger partial charge in [0.1, 0.15) is 11.5 Å². The molecule has 20 heavy (non-hydrogen) atoms. The second-order valence-corrected chi connectivity index (χ2v) is 5.65. The molecule has 0 fully saturated rings. The summed E-state index contributed by atoms with van der Waals surface area (Å²) in [6, 6.07) is 11.3. The van der Waals surface area contributed by atoms with Crippen LogP contribution in [-0.4, -0.2) is 18.3 Å². The lowest BCUT2D eigenvalue weighted by molar-refractivity contribution is -0.120. The molecule has 0 aliphatic rings. The van der Waals surface area contributed by atoms with E-state index in [0.29, 0.717) is 6.54 Å². The number of nitrogens with one attached hydrogen (secondary N) is 1. The molecule has 0 spiro atoms. The minimum atomic E-state index is -0.168. The Morgan fingerprint density at radius 2 is 2.10 bits per heavy atom. The number of hydrogen-bond donors (Lipinski definition) is 1. The lowest BCUT2D eigenvalue weighted by atomic mass is 10.3. The van der Waals surface area contributed by atoms with Gasteiger partial charge in [-0.3, -0.25) is 4.79 Å². The summed E-state index contributed by atoms with van der Waals surface area (Å²) >= 11 is 1.51. The Balaban J connectivity index is 1.83. The molecule has 0 aliphatic heterocycles. The third-order valence-corrected chi connectivity index (χ3v) is 3.87. The number of methoxy groups -OCH3 is 1. The van der Waals surface area contributed by atoms with Gasteiger partial charge in [-0.2, -0.15) is 0 Å². The fourth-order valence-corrected chi connectivity index (χ4v) is 2.53. The third-order valence-electron chi connectivity index (χ3n) is 2.76. The van der Waals surface area contributed by atoms with Gasteiger partial charge in [-0.15, -0.1) is 11.8 Å². The van der Waals surface area contributed by atoms with E-state index in [9.17, 15) is 4.79 Å². The minimum absolute atomic E-state index is 0.0118. The number of carbonyl (C=O) groups excluding carboxylic acids is 1. The van der Waals surface area contributed by atoms with Crippen LogP contribution >= 0.6 is 11.8 Å². The molecule has 2 aromatic rings. The summed E-state index contributed by atoms with van der Waals surface area (Å²) in [5.74, 6) is 1.55. The van der Waals surface area contributed by atoms with E-state index in [1.54, 1.807) is 19.4 Å². The average Bonchev–Trinajstić information content (AvgIpc) is 2.98. The van der Waals surface area contributed by atoms with E-state index < -0.39 is 0 Å². The molecule has 5 heteroatoms. The maximum absolute atomic E-state index is 12.0. The summed E-state index contributed by atoms with van der Waals surface area (Å²) in [7, 11) is 1.63. The van der Waals surface area contributed by atoms with Crippen molar-refractivity contribution in [2.24, 2.45) is 0 Å². The Morgan fingerprint density at radius 3 is 2.70 bits per heavy atom. The number of amides is 1. The van der Waals surface area contributed by atoms with E-state index in [4.69, 9.17) is 9.15 Å². The lowest BCUT2D eigenvalue weighted by Gasteiger charge is -2.11. The summed E-state index contributed by atoms with van der Waals surface area (Å²) in [4.78, 5) is 13.0. The maximum Gasteiger partial charge on any atom is 0.233 e. The Hall–Kier alpha value is -1.88. The van der Waals surface area contributed by atoms with Crippen molar-refractivity contribution in [2.45, 2.75) is 23.6 Å². The molecule has 1 atom stereocenters. The number of ether oxygens (including phenoxy) is 1. The summed E-state index contributed by atoms with van der Waals surface area (Å²) in [6.07, 6.45) is 1.59. The Kier molecular flexibility index (Phi) is 5.12. The van der Waals surface area contributed by atoms with Gasteiger partial charge < -0.3 is 14.5 Å². The smallest absolute Gasteiger partial charge is 0.233 e. The number of thioether (sulfide) groups is 1. The SMILES string of the molecule is COc1ccc(S[C@@H](C)C(=O)NCc2ccco2)cc1. The standard InChI is InChI=1S/C15H17NO3S/c1-11(15(17)16-10-13-4-3-9-19-13)20-14-7-5-12(18-2)6-8-14/h3-9,11H,10H2,1-2H3,(H,16,17)/t11-/m0/s1. The highest BCUT2D eigenvalue weighted by atomic mass is 32.2. The van der Waals surface area contributed by atoms with Crippen LogP contribution in [0.4, 0.5) is 0 Å². The molecule has 0 radical (unpaired) electrons. The molecule has 2 rings (SSSR count). The second kappa shape index (κ2) is 7.05. The van der Waals surface area contributed by atoms with Crippen LogP contribution in [0.3, 0.4) is 0 Å². The van der Waals surface area contributed by atoms with E-state index in [-0.39, 0.29) is 11.2 Å². The molecule has 0 aliphatic carbocycles. The fraction of sp³-hybridized carbons (Fsp3) is 0.267. The van der Waals surface area contributed by atoms with Crippen molar-refractivity contribution < 1.29 is 13.9 Å². The monoisotopic (exact) mass is 291 g/mol. The van der Waals surface area contributed by atoms with Crippen LogP contribution in [0.5, 0.6) is 5.75 Å². The third kappa shape index (κ3) is 4.06. The Bertz CT molecular complexity index is 537. The Morgan fingerprint density at radius 1 is 1.35 bits per heavy atom. The summed E-state index contributed by atoms with van der Waals surface area (Å²) < 4.78 is 10.3. The van der Waals surface area contributed by atoms with E-state index >= 15 is 0 Å². The van der Waals surface area contributed by atoms with Crippen molar-refractivity contribution in [3.63, 3.8) is 0 Å². The average molecular weight is 291 g/mol. The summed E-state index contributed by atoms with van der Waals surface area (Å²) in [5.41, 5.74) is 0. The molecule has 106 valence electrons. The molecule has 0 saturated heterocycles. The summed E-state index contributed by atoms with van der Waals surface area (Å²) in [5, 5.41) is 2.68. The van der Waals surface area contributed by atoms with Gasteiger partial charge >= 0.3 is 0 Å². The van der Waals surface area contributed by atoms with Gasteiger partial charge in [0.05, 0.1) is 25.2 Å². The molecule has 0 bridgehead atoms. The molecule has 1 heterocycles. The van der Waals surface area contributed by atoms with E-state index in [0.717, 1.165) is 16.4 Å². The number of rotatable bonds is 6. The first-order valence-corrected chi connectivity index (χ1v) is 7.18. The van der Waals surface area contributed by atoms with E-state index in [1.807, 2.05) is 37.3 Å². The molecule has 1 aromatic carbocycles. The first-order valence-electron chi connectivity index (χ1n) is 6.30. The zero-order chi connectivity index (χ0) is 14.4. The van der Waals surface area contributed by atoms with E-state index in [1.165, 1.54) is 11.8 Å². The number of benzene rings is 1. The van der Waals surface area contributed by atoms with Gasteiger partial charge in [0.15, 0.2) is 0 Å². The highest BCUT2D eigenvalue weighted by molar-refractivity contribution is 8.00. The molecule has 0 unspecified atom stereocenters. The van der Waals surface area contributed by atoms with Gasteiger partial charge in [0, 0.05) is 4.90 Å². The first kappa shape index (κ1) is 14.5. The van der Waals surface area contributed by atoms with Crippen LogP contribution in [0.25, 0.3) is 0 Å². The van der Waals surface area contributed by atoms with Crippen LogP contribution in [0.15, 0.2) is 52.0 Å². The van der Waals surface area contributed by atoms with Crippen LogP contribution in [0, 0.1) is 0 Å². The predicted molar refractivity (Wildman–Crippen MR) is 78.9 cm³/mol. The van der Waals surface area contributed by atoms with Crippen LogP contribution in [0.1, 0.15) is 12.7 Å². The van der Waals surface area contributed by atoms with Crippen molar-refractivity contribution >= 4 is 17.7 Å². The maximum atomic E-state index is 12.0. The number of hydrogen-bond acceptors (Lipinski definition) is 4. The first-order chi connectivity index (χ1) is 9.69. The molecule has 4 nitrogen and oxygen atoms in total. The topological polar surface area (TPSA) is 51.5 Å². The van der Waals surface area contributed by atoms with Crippen molar-refractivity contribution in [3.8, 4) is 5.75 Å². The van der Waals surface area contributed by atoms with Crippen LogP contribution in [-0.2, 0) is 11.3 Å². The number of furan rings is 1. The predicted octanol–water partition coefficient (Wildman–Crippen LogP) is 3.09. The summed E-state index contributed by atoms with van der Waals surface area (Å²) in [6.45, 7) is 2.30. The fourth-order valence-electron chi connectivity index (χ4n) is 1.64. The van der Waals surface area contributed by atoms with Crippen molar-refractivity contribution in [1.29, 1.82) is 0 Å². The highest BCUT2D eigenvalue weighted by Crippen LogP contribution is 2.25. The Labute approximate surface area is 122 Å². The molecular weight excluding hydrogens is 274 g/mol. The van der Waals surface area contributed by atoms with E-state index in [2.05, 4.69) is 5.32 Å². The van der Waals surface area contributed by atoms with Crippen molar-refractivity contribution in [1.82, 2.24) is 5.32 Å². The zero-order valence-electron chi connectivity index (χ0n) is 11.5. The van der Waals surface area contributed by atoms with Gasteiger partial charge in [0.2, 0.25) is 5.91 Å². The zero-order valence-corrected chi connectivity index (χ0v) is 12.3. The van der Waals surface area contributed by atoms with Crippen LogP contribution in [0.2, 0.25) is 0 Å². The quantitative estimate of drug-likeness (QED) is 0.831. The van der Waals surface area contributed by atoms with Gasteiger partial charge in [-0.05, 0) is 43.3 Å². The number of carbonyl (C=O) groups is 1. The second-order valence-electron chi connectivity index (χ2n) is 4.23. The van der Waals surface area contributed by atoms with Crippen molar-refractivity contribution in [3.05, 3.63) is 48.4 Å². The molecule has 1 aromatic heterocycles. The van der Waals surface area contributed by atoms with Gasteiger partial charge in [-0.1, -0.05) is 0 Å². The highest BCUT2D eigenvalue weighted by Gasteiger charge is 2.14. The largest absolute Gasteiger partial charge is 0.497 e. The molecule has 1 amide bonds. The molecular formula is C15H17NO3S. The normalized spacial score (nSPS) is 11.9. The van der Waals surface area contributed by atoms with Crippen molar-refractivity contribution in [2.75, 3.05) is 7.11 Å². The van der Waals surface area contributed by atoms with Crippen LogP contribution < -0.4 is 10.1 Å². The van der Waals surface area contributed by atoms with Gasteiger partial charge in [-0.25, -0.2) is 0 Å². The minimum Gasteiger partial charge on any atom is -0.497 e.